The average molecular weight is 320 g/mol. The first-order valence-corrected chi connectivity index (χ1v) is 8.94. The Morgan fingerprint density at radius 2 is 1.86 bits per heavy atom. The number of imide groups is 1. The molecule has 1 aliphatic rings. The summed E-state index contributed by atoms with van der Waals surface area (Å²) in [6.45, 7) is 2.33. The second-order valence-electron chi connectivity index (χ2n) is 5.54. The quantitative estimate of drug-likeness (QED) is 0.871. The predicted molar refractivity (Wildman–Crippen MR) is 90.9 cm³/mol. The summed E-state index contributed by atoms with van der Waals surface area (Å²) in [5, 5.41) is 5.24. The van der Waals surface area contributed by atoms with Gasteiger partial charge in [-0.05, 0) is 25.3 Å². The van der Waals surface area contributed by atoms with Crippen LogP contribution in [0.5, 0.6) is 0 Å². The van der Waals surface area contributed by atoms with Crippen molar-refractivity contribution in [3.05, 3.63) is 35.9 Å². The second-order valence-corrected chi connectivity index (χ2v) is 6.95. The summed E-state index contributed by atoms with van der Waals surface area (Å²) >= 11 is 1.69. The molecule has 1 atom stereocenters. The van der Waals surface area contributed by atoms with E-state index in [1.54, 1.807) is 11.8 Å². The predicted octanol–water partition coefficient (Wildman–Crippen LogP) is 3.64. The number of carbonyl (C=O) groups is 2. The molecule has 5 heteroatoms. The van der Waals surface area contributed by atoms with Crippen LogP contribution in [0.1, 0.15) is 49.8 Å². The highest BCUT2D eigenvalue weighted by molar-refractivity contribution is 8.00. The number of carbonyl (C=O) groups excluding carboxylic acids is 2. The third-order valence-corrected chi connectivity index (χ3v) is 5.41. The molecule has 4 nitrogen and oxygen atoms in total. The molecule has 1 aromatic rings. The molecular formula is C17H24N2O2S. The van der Waals surface area contributed by atoms with Gasteiger partial charge in [-0.15, -0.1) is 11.8 Å². The molecule has 0 spiro atoms. The Balaban J connectivity index is 2.07. The molecule has 0 aromatic heterocycles. The number of thioether (sulfide) groups is 1. The number of rotatable bonds is 5. The zero-order valence-electron chi connectivity index (χ0n) is 13.0. The van der Waals surface area contributed by atoms with E-state index in [1.807, 2.05) is 37.3 Å². The fourth-order valence-electron chi connectivity index (χ4n) is 2.70. The van der Waals surface area contributed by atoms with Gasteiger partial charge in [0.15, 0.2) is 0 Å². The Bertz CT molecular complexity index is 487. The van der Waals surface area contributed by atoms with Gasteiger partial charge in [-0.2, -0.15) is 0 Å². The van der Waals surface area contributed by atoms with E-state index in [0.717, 1.165) is 18.4 Å². The Hall–Kier alpha value is -1.49. The van der Waals surface area contributed by atoms with Crippen LogP contribution in [0.3, 0.4) is 0 Å². The maximum atomic E-state index is 12.5. The molecule has 0 unspecified atom stereocenters. The fraction of sp³-hybridized carbons (Fsp3) is 0.529. The number of hydrogen-bond acceptors (Lipinski definition) is 3. The highest BCUT2D eigenvalue weighted by atomic mass is 32.2. The normalized spacial score (nSPS) is 16.8. The molecule has 0 aliphatic heterocycles. The number of urea groups is 1. The van der Waals surface area contributed by atoms with Crippen molar-refractivity contribution in [1.82, 2.24) is 10.6 Å². The Labute approximate surface area is 136 Å². The largest absolute Gasteiger partial charge is 0.338 e. The SMILES string of the molecule is CCNC(=O)NC(=O)[C@H](SC1CCCCC1)c1ccccc1. The lowest BCUT2D eigenvalue weighted by atomic mass is 10.0. The van der Waals surface area contributed by atoms with Crippen LogP contribution in [0.15, 0.2) is 30.3 Å². The Kier molecular flexibility index (Phi) is 6.77. The van der Waals surface area contributed by atoms with Gasteiger partial charge in [0.1, 0.15) is 5.25 Å². The van der Waals surface area contributed by atoms with Crippen LogP contribution in [0.25, 0.3) is 0 Å². The summed E-state index contributed by atoms with van der Waals surface area (Å²) in [4.78, 5) is 24.1. The summed E-state index contributed by atoms with van der Waals surface area (Å²) in [5.74, 6) is -0.229. The van der Waals surface area contributed by atoms with Crippen LogP contribution in [-0.2, 0) is 4.79 Å². The van der Waals surface area contributed by atoms with Gasteiger partial charge < -0.3 is 5.32 Å². The van der Waals surface area contributed by atoms with E-state index in [2.05, 4.69) is 10.6 Å². The van der Waals surface area contributed by atoms with E-state index in [1.165, 1.54) is 19.3 Å². The minimum atomic E-state index is -0.419. The zero-order valence-corrected chi connectivity index (χ0v) is 13.8. The monoisotopic (exact) mass is 320 g/mol. The number of hydrogen-bond donors (Lipinski definition) is 2. The fourth-order valence-corrected chi connectivity index (χ4v) is 4.18. The van der Waals surface area contributed by atoms with E-state index in [9.17, 15) is 9.59 Å². The first-order valence-electron chi connectivity index (χ1n) is 7.99. The topological polar surface area (TPSA) is 58.2 Å². The molecule has 1 aromatic carbocycles. The van der Waals surface area contributed by atoms with Crippen molar-refractivity contribution < 1.29 is 9.59 Å². The van der Waals surface area contributed by atoms with Crippen LogP contribution in [0, 0.1) is 0 Å². The molecule has 0 heterocycles. The van der Waals surface area contributed by atoms with Gasteiger partial charge in [0.2, 0.25) is 5.91 Å². The highest BCUT2D eigenvalue weighted by Gasteiger charge is 2.27. The molecule has 22 heavy (non-hydrogen) atoms. The van der Waals surface area contributed by atoms with Crippen molar-refractivity contribution >= 4 is 23.7 Å². The van der Waals surface area contributed by atoms with Gasteiger partial charge in [0.05, 0.1) is 0 Å². The minimum absolute atomic E-state index is 0.229. The van der Waals surface area contributed by atoms with Crippen LogP contribution in [0.2, 0.25) is 0 Å². The lowest BCUT2D eigenvalue weighted by molar-refractivity contribution is -0.119. The maximum Gasteiger partial charge on any atom is 0.321 e. The second kappa shape index (κ2) is 8.83. The summed E-state index contributed by atoms with van der Waals surface area (Å²) in [6, 6.07) is 9.30. The molecule has 1 saturated carbocycles. The number of nitrogens with one attached hydrogen (secondary N) is 2. The molecule has 0 saturated heterocycles. The van der Waals surface area contributed by atoms with Crippen LogP contribution >= 0.6 is 11.8 Å². The standard InChI is InChI=1S/C17H24N2O2S/c1-2-18-17(21)19-16(20)15(13-9-5-3-6-10-13)22-14-11-7-4-8-12-14/h3,5-6,9-10,14-15H,2,4,7-8,11-12H2,1H3,(H2,18,19,20,21)/t15-/m1/s1. The van der Waals surface area contributed by atoms with E-state index >= 15 is 0 Å². The first-order chi connectivity index (χ1) is 10.7. The molecule has 2 rings (SSSR count). The maximum absolute atomic E-state index is 12.5. The van der Waals surface area contributed by atoms with Gasteiger partial charge in [-0.25, -0.2) is 4.79 Å². The first kappa shape index (κ1) is 16.9. The van der Waals surface area contributed by atoms with Crippen molar-refractivity contribution in [2.45, 2.75) is 49.5 Å². The summed E-state index contributed by atoms with van der Waals surface area (Å²) < 4.78 is 0. The van der Waals surface area contributed by atoms with Crippen LogP contribution in [0.4, 0.5) is 4.79 Å². The minimum Gasteiger partial charge on any atom is -0.338 e. The Morgan fingerprint density at radius 3 is 2.50 bits per heavy atom. The van der Waals surface area contributed by atoms with Crippen molar-refractivity contribution in [1.29, 1.82) is 0 Å². The number of amides is 3. The summed E-state index contributed by atoms with van der Waals surface area (Å²) in [5.41, 5.74) is 0.958. The van der Waals surface area contributed by atoms with E-state index in [4.69, 9.17) is 0 Å². The van der Waals surface area contributed by atoms with Gasteiger partial charge in [-0.3, -0.25) is 10.1 Å². The molecule has 120 valence electrons. The molecule has 0 bridgehead atoms. The molecular weight excluding hydrogens is 296 g/mol. The van der Waals surface area contributed by atoms with Crippen LogP contribution in [-0.4, -0.2) is 23.7 Å². The summed E-state index contributed by atoms with van der Waals surface area (Å²) in [6.07, 6.45) is 6.07. The van der Waals surface area contributed by atoms with Gasteiger partial charge in [0.25, 0.3) is 0 Å². The Morgan fingerprint density at radius 1 is 1.18 bits per heavy atom. The third kappa shape index (κ3) is 5.05. The summed E-state index contributed by atoms with van der Waals surface area (Å²) in [7, 11) is 0. The van der Waals surface area contributed by atoms with Crippen molar-refractivity contribution in [3.8, 4) is 0 Å². The highest BCUT2D eigenvalue weighted by Crippen LogP contribution is 2.38. The van der Waals surface area contributed by atoms with Gasteiger partial charge in [-0.1, -0.05) is 49.6 Å². The van der Waals surface area contributed by atoms with Gasteiger partial charge >= 0.3 is 6.03 Å². The van der Waals surface area contributed by atoms with Crippen LogP contribution < -0.4 is 10.6 Å². The van der Waals surface area contributed by atoms with Crippen molar-refractivity contribution in [2.75, 3.05) is 6.54 Å². The lowest BCUT2D eigenvalue weighted by Gasteiger charge is -2.25. The molecule has 1 aliphatic carbocycles. The molecule has 0 radical (unpaired) electrons. The van der Waals surface area contributed by atoms with E-state index in [0.29, 0.717) is 11.8 Å². The van der Waals surface area contributed by atoms with Crippen molar-refractivity contribution in [2.24, 2.45) is 0 Å². The smallest absolute Gasteiger partial charge is 0.321 e. The third-order valence-electron chi connectivity index (χ3n) is 3.80. The average Bonchev–Trinajstić information content (AvgIpc) is 2.54. The van der Waals surface area contributed by atoms with Crippen molar-refractivity contribution in [3.63, 3.8) is 0 Å². The number of benzene rings is 1. The molecule has 2 N–H and O–H groups in total. The zero-order chi connectivity index (χ0) is 15.8. The molecule has 3 amide bonds. The van der Waals surface area contributed by atoms with Gasteiger partial charge in [0, 0.05) is 11.8 Å². The van der Waals surface area contributed by atoms with E-state index in [-0.39, 0.29) is 11.2 Å². The molecule has 1 fully saturated rings. The lowest BCUT2D eigenvalue weighted by Crippen LogP contribution is -2.41. The van der Waals surface area contributed by atoms with E-state index < -0.39 is 6.03 Å².